The summed E-state index contributed by atoms with van der Waals surface area (Å²) in [6, 6.07) is 6.39. The fourth-order valence-corrected chi connectivity index (χ4v) is 3.03. The summed E-state index contributed by atoms with van der Waals surface area (Å²) in [6.45, 7) is 7.66. The molecule has 2 rings (SSSR count). The summed E-state index contributed by atoms with van der Waals surface area (Å²) in [5, 5.41) is 0. The van der Waals surface area contributed by atoms with Gasteiger partial charge in [-0.25, -0.2) is 4.79 Å². The molecule has 0 radical (unpaired) electrons. The number of aryl methyl sites for hydroxylation is 1. The van der Waals surface area contributed by atoms with Crippen LogP contribution in [0.2, 0.25) is 0 Å². The average Bonchev–Trinajstić information content (AvgIpc) is 2.78. The van der Waals surface area contributed by atoms with Gasteiger partial charge in [0.15, 0.2) is 0 Å². The van der Waals surface area contributed by atoms with Crippen LogP contribution in [0.3, 0.4) is 0 Å². The standard InChI is InChI=1S/C15H21NO5S/c1-11-5-7-13(8-6-11)22(18,19)20-10-12-9-16(14(17)21-12)15(2,3)4/h5-8,12H,9-10H2,1-4H3. The molecule has 6 nitrogen and oxygen atoms in total. The lowest BCUT2D eigenvalue weighted by Gasteiger charge is -2.29. The zero-order valence-electron chi connectivity index (χ0n) is 13.2. The first-order chi connectivity index (χ1) is 10.1. The fraction of sp³-hybridized carbons (Fsp3) is 0.533. The van der Waals surface area contributed by atoms with Crippen LogP contribution in [0, 0.1) is 6.92 Å². The number of hydrogen-bond acceptors (Lipinski definition) is 5. The van der Waals surface area contributed by atoms with Gasteiger partial charge in [0.25, 0.3) is 10.1 Å². The number of ether oxygens (including phenoxy) is 1. The molecule has 0 aromatic heterocycles. The molecule has 7 heteroatoms. The SMILES string of the molecule is Cc1ccc(S(=O)(=O)OCC2CN(C(C)(C)C)C(=O)O2)cc1. The molecule has 1 atom stereocenters. The molecular formula is C15H21NO5S. The van der Waals surface area contributed by atoms with E-state index in [2.05, 4.69) is 0 Å². The van der Waals surface area contributed by atoms with Crippen molar-refractivity contribution in [2.45, 2.75) is 44.2 Å². The van der Waals surface area contributed by atoms with Gasteiger partial charge in [0.2, 0.25) is 0 Å². The Balaban J connectivity index is 1.99. The second-order valence-corrected chi connectivity index (χ2v) is 7.95. The Labute approximate surface area is 131 Å². The molecule has 0 aliphatic carbocycles. The molecule has 1 unspecified atom stereocenters. The van der Waals surface area contributed by atoms with Crippen LogP contribution in [0.25, 0.3) is 0 Å². The third kappa shape index (κ3) is 3.78. The van der Waals surface area contributed by atoms with Gasteiger partial charge in [-0.2, -0.15) is 8.42 Å². The number of benzene rings is 1. The molecule has 122 valence electrons. The Morgan fingerprint density at radius 2 is 1.86 bits per heavy atom. The van der Waals surface area contributed by atoms with Gasteiger partial charge in [0.05, 0.1) is 11.4 Å². The fourth-order valence-electron chi connectivity index (χ4n) is 2.09. The number of nitrogens with zero attached hydrogens (tertiary/aromatic N) is 1. The molecule has 1 saturated heterocycles. The lowest BCUT2D eigenvalue weighted by molar-refractivity contribution is 0.101. The van der Waals surface area contributed by atoms with Gasteiger partial charge >= 0.3 is 6.09 Å². The predicted octanol–water partition coefficient (Wildman–Crippen LogP) is 2.32. The van der Waals surface area contributed by atoms with Crippen molar-refractivity contribution >= 4 is 16.2 Å². The van der Waals surface area contributed by atoms with Crippen molar-refractivity contribution < 1.29 is 22.1 Å². The molecule has 1 amide bonds. The molecular weight excluding hydrogens is 306 g/mol. The summed E-state index contributed by atoms with van der Waals surface area (Å²) < 4.78 is 34.3. The topological polar surface area (TPSA) is 72.9 Å². The van der Waals surface area contributed by atoms with Crippen molar-refractivity contribution in [1.29, 1.82) is 0 Å². The summed E-state index contributed by atoms with van der Waals surface area (Å²) in [6.07, 6.45) is -1.04. The molecule has 1 heterocycles. The molecule has 0 saturated carbocycles. The van der Waals surface area contributed by atoms with Crippen molar-refractivity contribution in [1.82, 2.24) is 4.90 Å². The van der Waals surface area contributed by atoms with E-state index >= 15 is 0 Å². The van der Waals surface area contributed by atoms with E-state index in [1.807, 2.05) is 27.7 Å². The minimum atomic E-state index is -3.84. The lowest BCUT2D eigenvalue weighted by atomic mass is 10.1. The van der Waals surface area contributed by atoms with Crippen LogP contribution in [-0.2, 0) is 19.0 Å². The largest absolute Gasteiger partial charge is 0.442 e. The van der Waals surface area contributed by atoms with Crippen molar-refractivity contribution in [3.8, 4) is 0 Å². The normalized spacial score (nSPS) is 19.4. The maximum absolute atomic E-state index is 12.1. The van der Waals surface area contributed by atoms with Crippen LogP contribution in [0.15, 0.2) is 29.2 Å². The number of rotatable bonds is 4. The third-order valence-electron chi connectivity index (χ3n) is 3.40. The van der Waals surface area contributed by atoms with Crippen molar-refractivity contribution in [2.75, 3.05) is 13.2 Å². The van der Waals surface area contributed by atoms with Gasteiger partial charge < -0.3 is 4.74 Å². The van der Waals surface area contributed by atoms with Crippen LogP contribution in [0.4, 0.5) is 4.79 Å². The highest BCUT2D eigenvalue weighted by molar-refractivity contribution is 7.86. The molecule has 1 aliphatic rings. The number of cyclic esters (lactones) is 1. The van der Waals surface area contributed by atoms with Gasteiger partial charge in [0, 0.05) is 5.54 Å². The first kappa shape index (κ1) is 16.8. The minimum Gasteiger partial charge on any atom is -0.442 e. The summed E-state index contributed by atoms with van der Waals surface area (Å²) in [5.41, 5.74) is 0.589. The van der Waals surface area contributed by atoms with E-state index in [0.29, 0.717) is 6.54 Å². The first-order valence-electron chi connectivity index (χ1n) is 7.04. The van der Waals surface area contributed by atoms with Gasteiger partial charge in [0.1, 0.15) is 12.7 Å². The molecule has 1 aliphatic heterocycles. The van der Waals surface area contributed by atoms with Crippen LogP contribution in [0.1, 0.15) is 26.3 Å². The van der Waals surface area contributed by atoms with E-state index < -0.39 is 22.3 Å². The van der Waals surface area contributed by atoms with Crippen LogP contribution < -0.4 is 0 Å². The number of carbonyl (C=O) groups excluding carboxylic acids is 1. The molecule has 0 bridgehead atoms. The first-order valence-corrected chi connectivity index (χ1v) is 8.45. The second-order valence-electron chi connectivity index (χ2n) is 6.34. The number of carbonyl (C=O) groups is 1. The van der Waals surface area contributed by atoms with E-state index in [1.165, 1.54) is 12.1 Å². The molecule has 0 N–H and O–H groups in total. The van der Waals surface area contributed by atoms with E-state index in [1.54, 1.807) is 17.0 Å². The molecule has 1 aromatic rings. The van der Waals surface area contributed by atoms with Gasteiger partial charge in [-0.1, -0.05) is 17.7 Å². The van der Waals surface area contributed by atoms with E-state index in [9.17, 15) is 13.2 Å². The van der Waals surface area contributed by atoms with Gasteiger partial charge in [-0.15, -0.1) is 0 Å². The third-order valence-corrected chi connectivity index (χ3v) is 4.70. The predicted molar refractivity (Wildman–Crippen MR) is 81.0 cm³/mol. The Kier molecular flexibility index (Phi) is 4.49. The highest BCUT2D eigenvalue weighted by Crippen LogP contribution is 2.23. The summed E-state index contributed by atoms with van der Waals surface area (Å²) in [4.78, 5) is 13.4. The summed E-state index contributed by atoms with van der Waals surface area (Å²) >= 11 is 0. The summed E-state index contributed by atoms with van der Waals surface area (Å²) in [7, 11) is -3.84. The van der Waals surface area contributed by atoms with Crippen molar-refractivity contribution in [3.63, 3.8) is 0 Å². The molecule has 1 fully saturated rings. The highest BCUT2D eigenvalue weighted by atomic mass is 32.2. The Morgan fingerprint density at radius 1 is 1.27 bits per heavy atom. The molecule has 22 heavy (non-hydrogen) atoms. The molecule has 1 aromatic carbocycles. The van der Waals surface area contributed by atoms with Crippen LogP contribution >= 0.6 is 0 Å². The summed E-state index contributed by atoms with van der Waals surface area (Å²) in [5.74, 6) is 0. The Bertz CT molecular complexity index is 646. The van der Waals surface area contributed by atoms with Gasteiger partial charge in [-0.05, 0) is 39.8 Å². The average molecular weight is 327 g/mol. The zero-order chi connectivity index (χ0) is 16.5. The second kappa shape index (κ2) is 5.89. The lowest BCUT2D eigenvalue weighted by Crippen LogP contribution is -2.42. The van der Waals surface area contributed by atoms with E-state index in [0.717, 1.165) is 5.56 Å². The van der Waals surface area contributed by atoms with E-state index in [4.69, 9.17) is 8.92 Å². The zero-order valence-corrected chi connectivity index (χ0v) is 14.0. The van der Waals surface area contributed by atoms with Crippen LogP contribution in [-0.4, -0.2) is 44.2 Å². The maximum Gasteiger partial charge on any atom is 0.410 e. The molecule has 0 spiro atoms. The van der Waals surface area contributed by atoms with Crippen molar-refractivity contribution in [3.05, 3.63) is 29.8 Å². The monoisotopic (exact) mass is 327 g/mol. The Morgan fingerprint density at radius 3 is 2.36 bits per heavy atom. The number of amides is 1. The highest BCUT2D eigenvalue weighted by Gasteiger charge is 2.38. The maximum atomic E-state index is 12.1. The van der Waals surface area contributed by atoms with Gasteiger partial charge in [-0.3, -0.25) is 9.08 Å². The number of hydrogen-bond donors (Lipinski definition) is 0. The quantitative estimate of drug-likeness (QED) is 0.794. The van der Waals surface area contributed by atoms with Crippen LogP contribution in [0.5, 0.6) is 0 Å². The Hall–Kier alpha value is -1.60. The smallest absolute Gasteiger partial charge is 0.410 e. The van der Waals surface area contributed by atoms with Crippen molar-refractivity contribution in [2.24, 2.45) is 0 Å². The van der Waals surface area contributed by atoms with E-state index in [-0.39, 0.29) is 17.0 Å². The minimum absolute atomic E-state index is 0.0927.